The van der Waals surface area contributed by atoms with Gasteiger partial charge in [0.25, 0.3) is 0 Å². The van der Waals surface area contributed by atoms with Crippen LogP contribution in [0.4, 0.5) is 0 Å². The van der Waals surface area contributed by atoms with Crippen molar-refractivity contribution in [3.8, 4) is 0 Å². The van der Waals surface area contributed by atoms with Crippen LogP contribution in [0.3, 0.4) is 0 Å². The lowest BCUT2D eigenvalue weighted by Crippen LogP contribution is -2.41. The Bertz CT molecular complexity index is 567. The fourth-order valence-corrected chi connectivity index (χ4v) is 4.50. The van der Waals surface area contributed by atoms with Crippen molar-refractivity contribution in [3.63, 3.8) is 0 Å². The normalized spacial score (nSPS) is 17.9. The van der Waals surface area contributed by atoms with E-state index < -0.39 is 16.0 Å². The van der Waals surface area contributed by atoms with E-state index in [1.807, 2.05) is 0 Å². The van der Waals surface area contributed by atoms with Crippen molar-refractivity contribution in [2.75, 3.05) is 6.54 Å². The topological polar surface area (TPSA) is 83.5 Å². The smallest absolute Gasteiger partial charge is 0.345 e. The summed E-state index contributed by atoms with van der Waals surface area (Å²) in [6.07, 6.45) is 4.21. The molecule has 0 aliphatic heterocycles. The predicted octanol–water partition coefficient (Wildman–Crippen LogP) is 2.30. The van der Waals surface area contributed by atoms with Crippen LogP contribution in [0.25, 0.3) is 0 Å². The van der Waals surface area contributed by atoms with Gasteiger partial charge in [-0.1, -0.05) is 13.3 Å². The molecule has 2 N–H and O–H groups in total. The fourth-order valence-electron chi connectivity index (χ4n) is 2.24. The van der Waals surface area contributed by atoms with Crippen molar-refractivity contribution < 1.29 is 18.3 Å². The number of thiophene rings is 1. The standard InChI is InChI=1S/C12H17NO4S2/c1-2-12(4-3-5-12)8-13-19(16,17)9-6-10(11(14)15)18-7-9/h6-7,13H,2-5,8H2,1H3,(H,14,15). The summed E-state index contributed by atoms with van der Waals surface area (Å²) in [5.74, 6) is -1.10. The van der Waals surface area contributed by atoms with Gasteiger partial charge in [-0.2, -0.15) is 0 Å². The van der Waals surface area contributed by atoms with Crippen LogP contribution in [0.1, 0.15) is 42.3 Å². The van der Waals surface area contributed by atoms with E-state index in [0.717, 1.165) is 37.0 Å². The van der Waals surface area contributed by atoms with Crippen LogP contribution < -0.4 is 4.72 Å². The molecule has 106 valence electrons. The first-order valence-corrected chi connectivity index (χ1v) is 8.56. The van der Waals surface area contributed by atoms with Crippen molar-refractivity contribution in [2.24, 2.45) is 5.41 Å². The summed E-state index contributed by atoms with van der Waals surface area (Å²) < 4.78 is 26.8. The van der Waals surface area contributed by atoms with E-state index in [2.05, 4.69) is 11.6 Å². The molecule has 19 heavy (non-hydrogen) atoms. The zero-order chi connectivity index (χ0) is 14.1. The molecule has 1 saturated carbocycles. The minimum Gasteiger partial charge on any atom is -0.477 e. The molecular weight excluding hydrogens is 286 g/mol. The van der Waals surface area contributed by atoms with Gasteiger partial charge in [0.2, 0.25) is 10.0 Å². The first kappa shape index (κ1) is 14.5. The van der Waals surface area contributed by atoms with Crippen molar-refractivity contribution in [2.45, 2.75) is 37.5 Å². The zero-order valence-corrected chi connectivity index (χ0v) is 12.3. The predicted molar refractivity (Wildman–Crippen MR) is 73.0 cm³/mol. The second-order valence-corrected chi connectivity index (χ2v) is 7.66. The maximum atomic E-state index is 12.1. The summed E-state index contributed by atoms with van der Waals surface area (Å²) in [5, 5.41) is 10.2. The van der Waals surface area contributed by atoms with Crippen molar-refractivity contribution >= 4 is 27.3 Å². The highest BCUT2D eigenvalue weighted by Gasteiger charge is 2.36. The van der Waals surface area contributed by atoms with Crippen LogP contribution >= 0.6 is 11.3 Å². The number of aromatic carboxylic acids is 1. The minimum absolute atomic E-state index is 0.0363. The average Bonchev–Trinajstić information content (AvgIpc) is 2.78. The first-order valence-electron chi connectivity index (χ1n) is 6.20. The Morgan fingerprint density at radius 2 is 2.21 bits per heavy atom. The molecule has 7 heteroatoms. The van der Waals surface area contributed by atoms with Gasteiger partial charge in [0.15, 0.2) is 0 Å². The molecule has 1 fully saturated rings. The quantitative estimate of drug-likeness (QED) is 0.844. The van der Waals surface area contributed by atoms with Crippen LogP contribution in [0.15, 0.2) is 16.3 Å². The Kier molecular flexibility index (Phi) is 3.98. The van der Waals surface area contributed by atoms with Gasteiger partial charge in [0, 0.05) is 11.9 Å². The second-order valence-electron chi connectivity index (χ2n) is 4.98. The molecule has 1 aliphatic carbocycles. The van der Waals surface area contributed by atoms with E-state index in [-0.39, 0.29) is 15.2 Å². The van der Waals surface area contributed by atoms with Crippen LogP contribution in [0.5, 0.6) is 0 Å². The summed E-state index contributed by atoms with van der Waals surface area (Å²) in [4.78, 5) is 10.8. The maximum absolute atomic E-state index is 12.1. The number of carbonyl (C=O) groups is 1. The Morgan fingerprint density at radius 1 is 1.53 bits per heavy atom. The third-order valence-corrected chi connectivity index (χ3v) is 6.35. The van der Waals surface area contributed by atoms with Gasteiger partial charge in [0.05, 0.1) is 4.90 Å². The van der Waals surface area contributed by atoms with E-state index in [1.165, 1.54) is 11.4 Å². The first-order chi connectivity index (χ1) is 8.88. The average molecular weight is 303 g/mol. The second kappa shape index (κ2) is 5.22. The van der Waals surface area contributed by atoms with Crippen LogP contribution in [0, 0.1) is 5.41 Å². The molecule has 0 saturated heterocycles. The maximum Gasteiger partial charge on any atom is 0.345 e. The number of carboxylic acid groups (broad SMARTS) is 1. The number of rotatable bonds is 6. The van der Waals surface area contributed by atoms with Crippen molar-refractivity contribution in [1.29, 1.82) is 0 Å². The van der Waals surface area contributed by atoms with E-state index in [4.69, 9.17) is 5.11 Å². The number of sulfonamides is 1. The molecule has 0 aromatic carbocycles. The molecule has 1 aromatic heterocycles. The number of carboxylic acids is 1. The summed E-state index contributed by atoms with van der Waals surface area (Å²) >= 11 is 0.925. The molecule has 0 amide bonds. The lowest BCUT2D eigenvalue weighted by atomic mass is 9.67. The Morgan fingerprint density at radius 3 is 2.63 bits per heavy atom. The van der Waals surface area contributed by atoms with Gasteiger partial charge in [-0.15, -0.1) is 11.3 Å². The largest absolute Gasteiger partial charge is 0.477 e. The van der Waals surface area contributed by atoms with Gasteiger partial charge in [-0.25, -0.2) is 17.9 Å². The van der Waals surface area contributed by atoms with Gasteiger partial charge >= 0.3 is 5.97 Å². The number of hydrogen-bond donors (Lipinski definition) is 2. The summed E-state index contributed by atoms with van der Waals surface area (Å²) in [5.41, 5.74) is 0.0960. The van der Waals surface area contributed by atoms with Gasteiger partial charge in [-0.05, 0) is 30.7 Å². The summed E-state index contributed by atoms with van der Waals surface area (Å²) in [7, 11) is -3.60. The van der Waals surface area contributed by atoms with E-state index in [9.17, 15) is 13.2 Å². The Balaban J connectivity index is 2.07. The molecule has 0 spiro atoms. The van der Waals surface area contributed by atoms with Gasteiger partial charge in [-0.3, -0.25) is 0 Å². The summed E-state index contributed by atoms with van der Waals surface area (Å²) in [6, 6.07) is 1.20. The molecule has 0 radical (unpaired) electrons. The Labute approximate surface area is 116 Å². The molecule has 0 atom stereocenters. The van der Waals surface area contributed by atoms with E-state index in [1.54, 1.807) is 0 Å². The Hall–Kier alpha value is -0.920. The third kappa shape index (κ3) is 2.98. The molecule has 1 aromatic rings. The zero-order valence-electron chi connectivity index (χ0n) is 10.7. The monoisotopic (exact) mass is 303 g/mol. The third-order valence-electron chi connectivity index (χ3n) is 3.90. The van der Waals surface area contributed by atoms with Gasteiger partial charge < -0.3 is 5.11 Å². The van der Waals surface area contributed by atoms with Crippen LogP contribution in [-0.2, 0) is 10.0 Å². The van der Waals surface area contributed by atoms with Crippen LogP contribution in [0.2, 0.25) is 0 Å². The highest BCUT2D eigenvalue weighted by atomic mass is 32.2. The van der Waals surface area contributed by atoms with Crippen molar-refractivity contribution in [1.82, 2.24) is 4.72 Å². The lowest BCUT2D eigenvalue weighted by molar-refractivity contribution is 0.0702. The number of hydrogen-bond acceptors (Lipinski definition) is 4. The summed E-state index contributed by atoms with van der Waals surface area (Å²) in [6.45, 7) is 2.50. The van der Waals surface area contributed by atoms with E-state index >= 15 is 0 Å². The lowest BCUT2D eigenvalue weighted by Gasteiger charge is -2.41. The highest BCUT2D eigenvalue weighted by Crippen LogP contribution is 2.43. The van der Waals surface area contributed by atoms with Crippen LogP contribution in [-0.4, -0.2) is 26.0 Å². The molecular formula is C12H17NO4S2. The molecule has 2 rings (SSSR count). The highest BCUT2D eigenvalue weighted by molar-refractivity contribution is 7.89. The number of nitrogens with one attached hydrogen (secondary N) is 1. The fraction of sp³-hybridized carbons (Fsp3) is 0.583. The van der Waals surface area contributed by atoms with Crippen molar-refractivity contribution in [3.05, 3.63) is 16.3 Å². The molecule has 0 bridgehead atoms. The molecule has 1 aliphatic rings. The molecule has 5 nitrogen and oxygen atoms in total. The molecule has 0 unspecified atom stereocenters. The van der Waals surface area contributed by atoms with Gasteiger partial charge in [0.1, 0.15) is 4.88 Å². The minimum atomic E-state index is -3.60. The SMILES string of the molecule is CCC1(CNS(=O)(=O)c2csc(C(=O)O)c2)CCC1. The molecule has 1 heterocycles. The van der Waals surface area contributed by atoms with E-state index in [0.29, 0.717) is 6.54 Å².